The molecule has 0 aromatic rings. The number of carbonyl (C=O) groups is 5. The monoisotopic (exact) mass is 685 g/mol. The van der Waals surface area contributed by atoms with Crippen LogP contribution in [0.4, 0.5) is 17.6 Å². The van der Waals surface area contributed by atoms with Gasteiger partial charge in [0.15, 0.2) is 5.78 Å². The first-order valence-electron chi connectivity index (χ1n) is 15.5. The summed E-state index contributed by atoms with van der Waals surface area (Å²) in [7, 11) is 0. The molecule has 0 aromatic carbocycles. The van der Waals surface area contributed by atoms with Crippen LogP contribution in [-0.2, 0) is 42.9 Å². The summed E-state index contributed by atoms with van der Waals surface area (Å²) < 4.78 is 70.9. The summed E-state index contributed by atoms with van der Waals surface area (Å²) in [5.41, 5.74) is -1.13. The fourth-order valence-electron chi connectivity index (χ4n) is 4.75. The van der Waals surface area contributed by atoms with Crippen LogP contribution in [0.25, 0.3) is 0 Å². The van der Waals surface area contributed by atoms with Crippen molar-refractivity contribution in [2.45, 2.75) is 90.5 Å². The van der Waals surface area contributed by atoms with E-state index in [9.17, 15) is 41.5 Å². The molecule has 18 heteroatoms. The van der Waals surface area contributed by atoms with E-state index in [0.29, 0.717) is 26.3 Å². The maximum Gasteiger partial charge on any atom is 0.345 e. The van der Waals surface area contributed by atoms with Gasteiger partial charge in [0.2, 0.25) is 23.6 Å². The van der Waals surface area contributed by atoms with Gasteiger partial charge in [-0.2, -0.15) is 17.6 Å². The number of Topliss-reactive ketones (excluding diaryl/α,β-unsaturated/α-hetero) is 1. The number of hydrogen-bond donors (Lipinski definition) is 4. The Kier molecular flexibility index (Phi) is 16.4. The maximum absolute atomic E-state index is 13.3. The minimum atomic E-state index is -3.35. The lowest BCUT2D eigenvalue weighted by Crippen LogP contribution is -2.60. The van der Waals surface area contributed by atoms with Gasteiger partial charge < -0.3 is 40.2 Å². The minimum Gasteiger partial charge on any atom is -0.379 e. The first-order valence-corrected chi connectivity index (χ1v) is 15.5. The number of halogens is 4. The van der Waals surface area contributed by atoms with Crippen molar-refractivity contribution in [2.75, 3.05) is 52.7 Å². The number of nitrogens with one attached hydrogen (secondary N) is 4. The van der Waals surface area contributed by atoms with Gasteiger partial charge in [-0.1, -0.05) is 27.7 Å². The molecular formula is C29H47F4N5O9. The van der Waals surface area contributed by atoms with Crippen LogP contribution in [0.3, 0.4) is 0 Å². The fourth-order valence-corrected chi connectivity index (χ4v) is 4.75. The Bertz CT molecular complexity index is 1060. The zero-order valence-electron chi connectivity index (χ0n) is 27.3. The molecule has 14 nitrogen and oxygen atoms in total. The Morgan fingerprint density at radius 2 is 1.15 bits per heavy atom. The summed E-state index contributed by atoms with van der Waals surface area (Å²) in [6, 6.07) is -5.97. The van der Waals surface area contributed by atoms with Crippen LogP contribution < -0.4 is 21.3 Å². The molecule has 0 radical (unpaired) electrons. The van der Waals surface area contributed by atoms with Crippen LogP contribution in [0.1, 0.15) is 47.5 Å². The molecular weight excluding hydrogens is 638 g/mol. The van der Waals surface area contributed by atoms with E-state index in [2.05, 4.69) is 30.7 Å². The van der Waals surface area contributed by atoms with E-state index in [0.717, 1.165) is 0 Å². The van der Waals surface area contributed by atoms with Crippen LogP contribution in [0.2, 0.25) is 0 Å². The summed E-state index contributed by atoms with van der Waals surface area (Å²) in [5, 5.41) is 9.43. The van der Waals surface area contributed by atoms with E-state index in [1.54, 1.807) is 27.7 Å². The molecule has 4 N–H and O–H groups in total. The number of alkyl halides is 4. The average molecular weight is 686 g/mol. The van der Waals surface area contributed by atoms with Crippen LogP contribution in [0, 0.1) is 11.8 Å². The first-order chi connectivity index (χ1) is 22.0. The van der Waals surface area contributed by atoms with Crippen LogP contribution in [-0.4, -0.2) is 130 Å². The largest absolute Gasteiger partial charge is 0.379 e. The molecule has 270 valence electrons. The smallest absolute Gasteiger partial charge is 0.345 e. The molecule has 0 bridgehead atoms. The van der Waals surface area contributed by atoms with E-state index in [4.69, 9.17) is 9.47 Å². The summed E-state index contributed by atoms with van der Waals surface area (Å²) in [4.78, 5) is 67.3. The van der Waals surface area contributed by atoms with Crippen molar-refractivity contribution in [3.8, 4) is 0 Å². The number of amides is 4. The van der Waals surface area contributed by atoms with Crippen molar-refractivity contribution in [1.82, 2.24) is 26.2 Å². The minimum absolute atomic E-state index is 0.0316. The van der Waals surface area contributed by atoms with Gasteiger partial charge in [-0.3, -0.25) is 28.9 Å². The first kappa shape index (κ1) is 40.2. The molecule has 2 heterocycles. The number of hydrogen-bond acceptors (Lipinski definition) is 10. The lowest BCUT2D eigenvalue weighted by Gasteiger charge is -2.28. The molecule has 1 unspecified atom stereocenters. The molecule has 47 heavy (non-hydrogen) atoms. The van der Waals surface area contributed by atoms with Crippen molar-refractivity contribution < 1.29 is 60.5 Å². The standard InChI is InChI=1S/C29H47F4N5O9/c1-16(2)10-18(23(40)29(5)15-47-29)35-25(42)20(13-45-27(30)31)37-26(43)21(14-46-28(32)33)36-24(41)19(11-17(3)4)34-22(39)12-38-6-8-44-9-7-38/h16-21,27-28H,6-15H2,1-5H3,(H,34,39)(H,35,42)(H,36,41)(H,37,43)/t18-,19?,20-,21-,29+/m0/s1. The third-order valence-corrected chi connectivity index (χ3v) is 7.31. The van der Waals surface area contributed by atoms with Crippen LogP contribution >= 0.6 is 0 Å². The number of nitrogens with zero attached hydrogens (tertiary/aromatic N) is 1. The summed E-state index contributed by atoms with van der Waals surface area (Å²) in [6.45, 7) is 1.81. The predicted molar refractivity (Wildman–Crippen MR) is 157 cm³/mol. The summed E-state index contributed by atoms with van der Waals surface area (Å²) in [5.74, 6) is -4.38. The van der Waals surface area contributed by atoms with Crippen LogP contribution in [0.5, 0.6) is 0 Å². The third-order valence-electron chi connectivity index (χ3n) is 7.31. The fraction of sp³-hybridized carbons (Fsp3) is 0.828. The third kappa shape index (κ3) is 14.8. The second-order valence-electron chi connectivity index (χ2n) is 12.5. The Labute approximate surface area is 271 Å². The maximum atomic E-state index is 13.3. The molecule has 4 amide bonds. The van der Waals surface area contributed by atoms with Gasteiger partial charge in [0.25, 0.3) is 0 Å². The van der Waals surface area contributed by atoms with Gasteiger partial charge in [-0.25, -0.2) is 0 Å². The van der Waals surface area contributed by atoms with Crippen LogP contribution in [0.15, 0.2) is 0 Å². The normalized spacial score (nSPS) is 20.9. The highest BCUT2D eigenvalue weighted by molar-refractivity contribution is 5.98. The van der Waals surface area contributed by atoms with Gasteiger partial charge in [-0.15, -0.1) is 0 Å². The highest BCUT2D eigenvalue weighted by Gasteiger charge is 2.50. The molecule has 2 aliphatic rings. The van der Waals surface area contributed by atoms with E-state index >= 15 is 0 Å². The molecule has 0 aliphatic carbocycles. The highest BCUT2D eigenvalue weighted by atomic mass is 19.3. The zero-order chi connectivity index (χ0) is 35.3. The molecule has 0 saturated carbocycles. The lowest BCUT2D eigenvalue weighted by molar-refractivity contribution is -0.154. The van der Waals surface area contributed by atoms with E-state index in [1.165, 1.54) is 6.92 Å². The number of ether oxygens (including phenoxy) is 4. The van der Waals surface area contributed by atoms with Crippen molar-refractivity contribution >= 4 is 29.4 Å². The molecule has 2 rings (SSSR count). The van der Waals surface area contributed by atoms with Crippen molar-refractivity contribution in [2.24, 2.45) is 11.8 Å². The quantitative estimate of drug-likeness (QED) is 0.0964. The predicted octanol–water partition coefficient (Wildman–Crippen LogP) is 0.186. The number of rotatable bonds is 21. The highest BCUT2D eigenvalue weighted by Crippen LogP contribution is 2.29. The topological polar surface area (TPSA) is 177 Å². The molecule has 0 spiro atoms. The number of epoxide rings is 1. The second-order valence-corrected chi connectivity index (χ2v) is 12.5. The Balaban J connectivity index is 2.20. The Morgan fingerprint density at radius 3 is 1.57 bits per heavy atom. The number of carbonyl (C=O) groups excluding carboxylic acids is 5. The molecule has 2 aliphatic heterocycles. The van der Waals surface area contributed by atoms with Gasteiger partial charge >= 0.3 is 13.2 Å². The van der Waals surface area contributed by atoms with E-state index in [1.807, 2.05) is 4.90 Å². The summed E-state index contributed by atoms with van der Waals surface area (Å²) >= 11 is 0. The van der Waals surface area contributed by atoms with Gasteiger partial charge in [0.1, 0.15) is 23.7 Å². The Hall–Kier alpha value is -2.93. The second kappa shape index (κ2) is 19.2. The molecule has 0 aromatic heterocycles. The molecule has 2 saturated heterocycles. The van der Waals surface area contributed by atoms with Crippen molar-refractivity contribution in [3.63, 3.8) is 0 Å². The Morgan fingerprint density at radius 1 is 0.723 bits per heavy atom. The molecule has 5 atom stereocenters. The SMILES string of the molecule is CC(C)CC(NC(=O)CN1CCOCC1)C(=O)N[C@@H](COC(F)F)C(=O)N[C@@H](COC(F)F)C(=O)N[C@@H](CC(C)C)C(=O)[C@@]1(C)CO1. The lowest BCUT2D eigenvalue weighted by atomic mass is 9.93. The van der Waals surface area contributed by atoms with Gasteiger partial charge in [0.05, 0.1) is 45.6 Å². The van der Waals surface area contributed by atoms with Gasteiger partial charge in [-0.05, 0) is 31.6 Å². The summed E-state index contributed by atoms with van der Waals surface area (Å²) in [6.07, 6.45) is 0.279. The van der Waals surface area contributed by atoms with Crippen molar-refractivity contribution in [1.29, 1.82) is 0 Å². The van der Waals surface area contributed by atoms with E-state index < -0.39 is 85.6 Å². The van der Waals surface area contributed by atoms with Crippen molar-refractivity contribution in [3.05, 3.63) is 0 Å². The average Bonchev–Trinajstić information content (AvgIpc) is 3.73. The van der Waals surface area contributed by atoms with Gasteiger partial charge in [0, 0.05) is 13.1 Å². The van der Waals surface area contributed by atoms with E-state index in [-0.39, 0.29) is 37.8 Å². The molecule has 2 fully saturated rings. The number of morpholine rings is 1. The zero-order valence-corrected chi connectivity index (χ0v) is 27.3. The number of ketones is 1.